The van der Waals surface area contributed by atoms with Crippen molar-refractivity contribution in [1.29, 1.82) is 0 Å². The second-order valence-electron chi connectivity index (χ2n) is 18.0. The Balaban J connectivity index is 1.35. The van der Waals surface area contributed by atoms with E-state index in [0.717, 1.165) is 69.8 Å². The predicted octanol–water partition coefficient (Wildman–Crippen LogP) is 7.67. The van der Waals surface area contributed by atoms with Gasteiger partial charge in [0.25, 0.3) is 0 Å². The average Bonchev–Trinajstić information content (AvgIpc) is 2.96. The van der Waals surface area contributed by atoms with E-state index in [2.05, 4.69) is 59.9 Å². The molecule has 4 saturated carbocycles. The summed E-state index contributed by atoms with van der Waals surface area (Å²) < 4.78 is 0. The first-order valence-electron chi connectivity index (χ1n) is 17.6. The Morgan fingerprint density at radius 1 is 0.889 bits per heavy atom. The summed E-state index contributed by atoms with van der Waals surface area (Å²) in [4.78, 5) is 27.0. The van der Waals surface area contributed by atoms with Gasteiger partial charge in [0.05, 0.1) is 11.5 Å². The second-order valence-corrected chi connectivity index (χ2v) is 18.0. The lowest BCUT2D eigenvalue weighted by atomic mass is 9.33. The van der Waals surface area contributed by atoms with Crippen LogP contribution in [0.25, 0.3) is 0 Å². The molecule has 1 aromatic carbocycles. The van der Waals surface area contributed by atoms with Crippen molar-refractivity contribution in [2.24, 2.45) is 50.2 Å². The van der Waals surface area contributed by atoms with E-state index in [0.29, 0.717) is 11.8 Å². The zero-order valence-corrected chi connectivity index (χ0v) is 28.7. The first kappa shape index (κ1) is 32.6. The molecule has 0 spiro atoms. The van der Waals surface area contributed by atoms with E-state index in [1.54, 1.807) is 24.3 Å². The minimum atomic E-state index is -1.03. The number of carboxylic acids is 1. The summed E-state index contributed by atoms with van der Waals surface area (Å²) in [6, 6.07) is 5.54. The molecule has 5 aliphatic carbocycles. The van der Waals surface area contributed by atoms with Crippen LogP contribution in [-0.2, 0) is 16.0 Å². The van der Waals surface area contributed by atoms with Crippen LogP contribution in [0.1, 0.15) is 118 Å². The molecule has 0 saturated heterocycles. The molecular formula is C39H57NO5. The lowest BCUT2D eigenvalue weighted by Gasteiger charge is -2.71. The summed E-state index contributed by atoms with van der Waals surface area (Å²) in [6.45, 7) is 16.8. The van der Waals surface area contributed by atoms with Gasteiger partial charge in [0, 0.05) is 6.42 Å². The molecule has 6 nitrogen and oxygen atoms in total. The number of aromatic hydroxyl groups is 1. The summed E-state index contributed by atoms with van der Waals surface area (Å²) in [7, 11) is 0. The number of amides is 1. The molecule has 0 aromatic heterocycles. The maximum Gasteiger partial charge on any atom is 0.326 e. The fraction of sp³-hybridized carbons (Fsp3) is 0.744. The minimum absolute atomic E-state index is 0.0236. The zero-order valence-electron chi connectivity index (χ0n) is 28.7. The molecule has 9 atom stereocenters. The quantitative estimate of drug-likeness (QED) is 0.253. The highest BCUT2D eigenvalue weighted by molar-refractivity contribution is 5.88. The molecule has 4 N–H and O–H groups in total. The molecule has 45 heavy (non-hydrogen) atoms. The van der Waals surface area contributed by atoms with Gasteiger partial charge >= 0.3 is 5.97 Å². The Kier molecular flexibility index (Phi) is 7.67. The molecule has 248 valence electrons. The number of nitrogens with one attached hydrogen (secondary N) is 1. The van der Waals surface area contributed by atoms with Gasteiger partial charge in [-0.2, -0.15) is 0 Å². The van der Waals surface area contributed by atoms with Gasteiger partial charge in [0.2, 0.25) is 5.91 Å². The van der Waals surface area contributed by atoms with Crippen molar-refractivity contribution in [3.8, 4) is 5.75 Å². The van der Waals surface area contributed by atoms with Crippen LogP contribution in [0.4, 0.5) is 0 Å². The summed E-state index contributed by atoms with van der Waals surface area (Å²) in [6.07, 6.45) is 12.1. The second kappa shape index (κ2) is 10.6. The van der Waals surface area contributed by atoms with Gasteiger partial charge < -0.3 is 20.6 Å². The normalized spacial score (nSPS) is 42.1. The third-order valence-corrected chi connectivity index (χ3v) is 15.0. The molecule has 1 aromatic rings. The van der Waals surface area contributed by atoms with Gasteiger partial charge in [-0.15, -0.1) is 0 Å². The van der Waals surface area contributed by atoms with Crippen LogP contribution in [0.15, 0.2) is 35.9 Å². The van der Waals surface area contributed by atoms with Crippen molar-refractivity contribution < 1.29 is 24.9 Å². The Morgan fingerprint density at radius 2 is 1.56 bits per heavy atom. The maximum absolute atomic E-state index is 14.5. The lowest BCUT2D eigenvalue weighted by molar-refractivity contribution is -0.203. The molecule has 1 amide bonds. The number of hydrogen-bond acceptors (Lipinski definition) is 4. The molecule has 5 aliphatic rings. The standard InChI is InChI=1S/C39H57NO5/c1-34(2)18-20-39(33(45)40-28(32(43)44)22-24-8-10-25(41)11-9-24)21-19-37(6)26(27(39)23-34)12-13-30-36(5)16-15-31(42)35(3,4)29(36)14-17-38(30,37)7/h8-12,27-31,41-42H,13-23H2,1-7H3,(H,40,45)(H,43,44)/t27-,28-,29-,30+,31-,36-,37+,38+,39-/m0/s1. The number of fused-ring (bicyclic) bond motifs is 7. The number of hydrogen-bond donors (Lipinski definition) is 4. The van der Waals surface area contributed by atoms with Gasteiger partial charge in [-0.25, -0.2) is 4.79 Å². The van der Waals surface area contributed by atoms with Gasteiger partial charge in [0.15, 0.2) is 0 Å². The molecule has 0 bridgehead atoms. The fourth-order valence-electron chi connectivity index (χ4n) is 12.0. The van der Waals surface area contributed by atoms with E-state index in [1.165, 1.54) is 5.57 Å². The Hall–Kier alpha value is -2.34. The average molecular weight is 620 g/mol. The van der Waals surface area contributed by atoms with Crippen LogP contribution in [-0.4, -0.2) is 39.3 Å². The molecule has 0 heterocycles. The predicted molar refractivity (Wildman–Crippen MR) is 176 cm³/mol. The van der Waals surface area contributed by atoms with Crippen LogP contribution in [0, 0.1) is 50.2 Å². The smallest absolute Gasteiger partial charge is 0.326 e. The first-order valence-corrected chi connectivity index (χ1v) is 17.6. The highest BCUT2D eigenvalue weighted by Gasteiger charge is 2.69. The van der Waals surface area contributed by atoms with Crippen LogP contribution in [0.3, 0.4) is 0 Å². The van der Waals surface area contributed by atoms with E-state index in [1.807, 2.05) is 0 Å². The number of benzene rings is 1. The van der Waals surface area contributed by atoms with Crippen LogP contribution < -0.4 is 5.32 Å². The molecule has 6 rings (SSSR count). The number of rotatable bonds is 5. The summed E-state index contributed by atoms with van der Waals surface area (Å²) in [5.74, 6) is 0.131. The van der Waals surface area contributed by atoms with E-state index in [4.69, 9.17) is 0 Å². The number of phenols is 1. The molecule has 0 aliphatic heterocycles. The highest BCUT2D eigenvalue weighted by Crippen LogP contribution is 2.75. The van der Waals surface area contributed by atoms with E-state index >= 15 is 0 Å². The third-order valence-electron chi connectivity index (χ3n) is 15.0. The largest absolute Gasteiger partial charge is 0.508 e. The number of phenolic OH excluding ortho intramolecular Hbond substituents is 1. The summed E-state index contributed by atoms with van der Waals surface area (Å²) in [5, 5.41) is 34.0. The molecule has 6 heteroatoms. The van der Waals surface area contributed by atoms with Gasteiger partial charge in [0.1, 0.15) is 11.8 Å². The topological polar surface area (TPSA) is 107 Å². The molecule has 0 unspecified atom stereocenters. The number of aliphatic carboxylic acids is 1. The first-order chi connectivity index (χ1) is 20.9. The van der Waals surface area contributed by atoms with Crippen LogP contribution >= 0.6 is 0 Å². The van der Waals surface area contributed by atoms with Crippen LogP contribution in [0.2, 0.25) is 0 Å². The zero-order chi connectivity index (χ0) is 32.8. The number of aliphatic hydroxyl groups is 1. The van der Waals surface area contributed by atoms with Gasteiger partial charge in [-0.05, 0) is 127 Å². The molecular weight excluding hydrogens is 562 g/mol. The van der Waals surface area contributed by atoms with Crippen molar-refractivity contribution in [2.45, 2.75) is 131 Å². The molecule has 0 radical (unpaired) electrons. The molecule has 4 fully saturated rings. The summed E-state index contributed by atoms with van der Waals surface area (Å²) in [5.41, 5.74) is 1.90. The Morgan fingerprint density at radius 3 is 2.22 bits per heavy atom. The van der Waals surface area contributed by atoms with Crippen molar-refractivity contribution in [3.63, 3.8) is 0 Å². The van der Waals surface area contributed by atoms with Crippen molar-refractivity contribution in [3.05, 3.63) is 41.5 Å². The Bertz CT molecular complexity index is 1380. The number of allylic oxidation sites excluding steroid dienone is 2. The third kappa shape index (κ3) is 4.81. The van der Waals surface area contributed by atoms with Crippen molar-refractivity contribution in [1.82, 2.24) is 5.32 Å². The van der Waals surface area contributed by atoms with Gasteiger partial charge in [-0.3, -0.25) is 4.79 Å². The minimum Gasteiger partial charge on any atom is -0.508 e. The number of carbonyl (C=O) groups is 2. The van der Waals surface area contributed by atoms with Crippen LogP contribution in [0.5, 0.6) is 5.75 Å². The number of carbonyl (C=O) groups excluding carboxylic acids is 1. The monoisotopic (exact) mass is 619 g/mol. The lowest BCUT2D eigenvalue weighted by Crippen LogP contribution is -2.65. The van der Waals surface area contributed by atoms with Crippen molar-refractivity contribution in [2.75, 3.05) is 0 Å². The van der Waals surface area contributed by atoms with Crippen molar-refractivity contribution >= 4 is 11.9 Å². The van der Waals surface area contributed by atoms with E-state index in [-0.39, 0.29) is 57.2 Å². The van der Waals surface area contributed by atoms with E-state index in [9.17, 15) is 24.9 Å². The fourth-order valence-corrected chi connectivity index (χ4v) is 12.0. The number of aliphatic hydroxyl groups excluding tert-OH is 1. The highest BCUT2D eigenvalue weighted by atomic mass is 16.4. The Labute approximate surface area is 270 Å². The van der Waals surface area contributed by atoms with E-state index < -0.39 is 17.4 Å². The maximum atomic E-state index is 14.5. The number of carboxylic acid groups (broad SMARTS) is 1. The SMILES string of the molecule is CC1(C)CC[C@]2(C(=O)N[C@@H](Cc3ccc(O)cc3)C(=O)O)CC[C@]3(C)C(=CC[C@@H]4[C@@]5(C)CC[C@H](O)C(C)(C)[C@@H]5CC[C@]43C)[C@@H]2C1. The summed E-state index contributed by atoms with van der Waals surface area (Å²) >= 11 is 0. The van der Waals surface area contributed by atoms with Gasteiger partial charge in [-0.1, -0.05) is 72.2 Å².